The Balaban J connectivity index is 2.17. The standard InChI is InChI=1S/C13H16FN3O2/c1-7-2-5-9(14)6-10(7)13(18)16-11(8-3-4-8)12(15)17-19/h2,5-6,8,11,19H,3-4H2,1H3,(H2,15,17)(H,16,18). The predicted octanol–water partition coefficient (Wildman–Crippen LogP) is 1.39. The number of halogens is 1. The molecule has 1 unspecified atom stereocenters. The number of amides is 1. The van der Waals surface area contributed by atoms with Crippen molar-refractivity contribution in [1.82, 2.24) is 5.32 Å². The number of benzene rings is 1. The first-order chi connectivity index (χ1) is 9.02. The zero-order chi connectivity index (χ0) is 14.0. The van der Waals surface area contributed by atoms with Crippen molar-refractivity contribution in [1.29, 1.82) is 0 Å². The van der Waals surface area contributed by atoms with Gasteiger partial charge in [0.2, 0.25) is 0 Å². The molecule has 0 spiro atoms. The van der Waals surface area contributed by atoms with E-state index >= 15 is 0 Å². The first-order valence-corrected chi connectivity index (χ1v) is 6.07. The Morgan fingerprint density at radius 1 is 1.58 bits per heavy atom. The molecule has 1 aliphatic rings. The number of nitrogens with zero attached hydrogens (tertiary/aromatic N) is 1. The minimum absolute atomic E-state index is 0.0232. The smallest absolute Gasteiger partial charge is 0.252 e. The number of aryl methyl sites for hydroxylation is 1. The highest BCUT2D eigenvalue weighted by Gasteiger charge is 2.35. The molecule has 0 saturated heterocycles. The van der Waals surface area contributed by atoms with E-state index < -0.39 is 17.8 Å². The lowest BCUT2D eigenvalue weighted by Gasteiger charge is -2.17. The van der Waals surface area contributed by atoms with Crippen molar-refractivity contribution in [2.24, 2.45) is 16.8 Å². The Kier molecular flexibility index (Phi) is 3.69. The number of carbonyl (C=O) groups excluding carboxylic acids is 1. The van der Waals surface area contributed by atoms with Gasteiger partial charge in [-0.25, -0.2) is 4.39 Å². The zero-order valence-electron chi connectivity index (χ0n) is 10.6. The van der Waals surface area contributed by atoms with E-state index in [1.807, 2.05) is 0 Å². The lowest BCUT2D eigenvalue weighted by atomic mass is 10.1. The first-order valence-electron chi connectivity index (χ1n) is 6.07. The molecule has 1 aromatic carbocycles. The minimum Gasteiger partial charge on any atom is -0.409 e. The van der Waals surface area contributed by atoms with Gasteiger partial charge in [0.25, 0.3) is 5.91 Å². The zero-order valence-corrected chi connectivity index (χ0v) is 10.6. The van der Waals surface area contributed by atoms with Gasteiger partial charge in [-0.2, -0.15) is 0 Å². The van der Waals surface area contributed by atoms with Crippen LogP contribution in [0.4, 0.5) is 4.39 Å². The number of nitrogens with one attached hydrogen (secondary N) is 1. The summed E-state index contributed by atoms with van der Waals surface area (Å²) < 4.78 is 13.2. The van der Waals surface area contributed by atoms with Crippen LogP contribution < -0.4 is 11.1 Å². The van der Waals surface area contributed by atoms with E-state index in [2.05, 4.69) is 10.5 Å². The van der Waals surface area contributed by atoms with Crippen LogP contribution in [0.1, 0.15) is 28.8 Å². The van der Waals surface area contributed by atoms with Crippen LogP contribution in [0, 0.1) is 18.7 Å². The van der Waals surface area contributed by atoms with Gasteiger partial charge in [-0.05, 0) is 43.4 Å². The SMILES string of the molecule is Cc1ccc(F)cc1C(=O)NC(C(N)=NO)C1CC1. The first kappa shape index (κ1) is 13.3. The summed E-state index contributed by atoms with van der Waals surface area (Å²) in [5.74, 6) is -0.721. The average Bonchev–Trinajstić information content (AvgIpc) is 3.22. The van der Waals surface area contributed by atoms with Crippen LogP contribution in [0.5, 0.6) is 0 Å². The molecule has 4 N–H and O–H groups in total. The molecule has 19 heavy (non-hydrogen) atoms. The van der Waals surface area contributed by atoms with Crippen molar-refractivity contribution in [2.45, 2.75) is 25.8 Å². The summed E-state index contributed by atoms with van der Waals surface area (Å²) in [5.41, 5.74) is 6.50. The quantitative estimate of drug-likeness (QED) is 0.333. The minimum atomic E-state index is -0.500. The van der Waals surface area contributed by atoms with Crippen molar-refractivity contribution >= 4 is 11.7 Å². The lowest BCUT2D eigenvalue weighted by molar-refractivity contribution is 0.0942. The second kappa shape index (κ2) is 5.26. The van der Waals surface area contributed by atoms with Gasteiger partial charge < -0.3 is 16.3 Å². The third-order valence-corrected chi connectivity index (χ3v) is 3.26. The van der Waals surface area contributed by atoms with Gasteiger partial charge in [0.05, 0.1) is 6.04 Å². The van der Waals surface area contributed by atoms with E-state index in [1.54, 1.807) is 13.0 Å². The highest BCUT2D eigenvalue weighted by atomic mass is 19.1. The summed E-state index contributed by atoms with van der Waals surface area (Å²) >= 11 is 0. The van der Waals surface area contributed by atoms with E-state index in [-0.39, 0.29) is 17.3 Å². The summed E-state index contributed by atoms with van der Waals surface area (Å²) in [4.78, 5) is 12.1. The molecule has 1 aromatic rings. The molecule has 2 rings (SSSR count). The summed E-state index contributed by atoms with van der Waals surface area (Å²) in [5, 5.41) is 14.4. The largest absolute Gasteiger partial charge is 0.409 e. The van der Waals surface area contributed by atoms with Gasteiger partial charge in [0, 0.05) is 5.56 Å². The maximum Gasteiger partial charge on any atom is 0.252 e. The number of rotatable bonds is 4. The molecule has 0 radical (unpaired) electrons. The molecular formula is C13H16FN3O2. The summed E-state index contributed by atoms with van der Waals surface area (Å²) in [6, 6.07) is 3.52. The van der Waals surface area contributed by atoms with E-state index in [4.69, 9.17) is 10.9 Å². The van der Waals surface area contributed by atoms with E-state index in [0.29, 0.717) is 5.56 Å². The van der Waals surface area contributed by atoms with Crippen LogP contribution in [0.25, 0.3) is 0 Å². The van der Waals surface area contributed by atoms with Crippen molar-refractivity contribution in [3.63, 3.8) is 0 Å². The normalized spacial score (nSPS) is 17.1. The monoisotopic (exact) mass is 265 g/mol. The fourth-order valence-corrected chi connectivity index (χ4v) is 1.98. The number of oxime groups is 1. The molecule has 1 atom stereocenters. The Labute approximate surface area is 110 Å². The molecule has 1 saturated carbocycles. The highest BCUT2D eigenvalue weighted by molar-refractivity contribution is 5.99. The highest BCUT2D eigenvalue weighted by Crippen LogP contribution is 2.33. The average molecular weight is 265 g/mol. The van der Waals surface area contributed by atoms with Gasteiger partial charge in [-0.1, -0.05) is 11.2 Å². The number of amidine groups is 1. The van der Waals surface area contributed by atoms with Gasteiger partial charge in [0.15, 0.2) is 5.84 Å². The van der Waals surface area contributed by atoms with Gasteiger partial charge >= 0.3 is 0 Å². The van der Waals surface area contributed by atoms with E-state index in [9.17, 15) is 9.18 Å². The third kappa shape index (κ3) is 3.01. The molecule has 0 bridgehead atoms. The van der Waals surface area contributed by atoms with Crippen molar-refractivity contribution < 1.29 is 14.4 Å². The maximum atomic E-state index is 13.2. The third-order valence-electron chi connectivity index (χ3n) is 3.26. The van der Waals surface area contributed by atoms with Gasteiger partial charge in [0.1, 0.15) is 5.82 Å². The molecule has 1 aliphatic carbocycles. The van der Waals surface area contributed by atoms with Crippen LogP contribution in [-0.2, 0) is 0 Å². The number of nitrogens with two attached hydrogens (primary N) is 1. The van der Waals surface area contributed by atoms with Crippen LogP contribution in [0.15, 0.2) is 23.4 Å². The van der Waals surface area contributed by atoms with Crippen LogP contribution >= 0.6 is 0 Å². The van der Waals surface area contributed by atoms with E-state index in [0.717, 1.165) is 12.8 Å². The summed E-state index contributed by atoms with van der Waals surface area (Å²) in [6.07, 6.45) is 1.84. The fraction of sp³-hybridized carbons (Fsp3) is 0.385. The maximum absolute atomic E-state index is 13.2. The molecule has 0 aromatic heterocycles. The molecule has 6 heteroatoms. The van der Waals surface area contributed by atoms with Crippen LogP contribution in [0.2, 0.25) is 0 Å². The Hall–Kier alpha value is -2.11. The second-order valence-corrected chi connectivity index (χ2v) is 4.77. The van der Waals surface area contributed by atoms with E-state index in [1.165, 1.54) is 12.1 Å². The molecule has 0 aliphatic heterocycles. The number of hydrogen-bond donors (Lipinski definition) is 3. The molecule has 1 fully saturated rings. The predicted molar refractivity (Wildman–Crippen MR) is 68.5 cm³/mol. The molecule has 5 nitrogen and oxygen atoms in total. The molecule has 0 heterocycles. The molecule has 102 valence electrons. The molecule has 1 amide bonds. The number of hydrogen-bond acceptors (Lipinski definition) is 3. The van der Waals surface area contributed by atoms with Crippen molar-refractivity contribution in [3.8, 4) is 0 Å². The van der Waals surface area contributed by atoms with Crippen molar-refractivity contribution in [3.05, 3.63) is 35.1 Å². The van der Waals surface area contributed by atoms with Gasteiger partial charge in [-0.3, -0.25) is 4.79 Å². The Bertz CT molecular complexity index is 527. The summed E-state index contributed by atoms with van der Waals surface area (Å²) in [7, 11) is 0. The number of carbonyl (C=O) groups is 1. The summed E-state index contributed by atoms with van der Waals surface area (Å²) in [6.45, 7) is 1.73. The fourth-order valence-electron chi connectivity index (χ4n) is 1.98. The van der Waals surface area contributed by atoms with Crippen molar-refractivity contribution in [2.75, 3.05) is 0 Å². The van der Waals surface area contributed by atoms with Gasteiger partial charge in [-0.15, -0.1) is 0 Å². The van der Waals surface area contributed by atoms with Crippen LogP contribution in [0.3, 0.4) is 0 Å². The Morgan fingerprint density at radius 3 is 2.84 bits per heavy atom. The molecular weight excluding hydrogens is 249 g/mol. The Morgan fingerprint density at radius 2 is 2.26 bits per heavy atom. The van der Waals surface area contributed by atoms with Crippen LogP contribution in [-0.4, -0.2) is 23.0 Å². The second-order valence-electron chi connectivity index (χ2n) is 4.77. The lowest BCUT2D eigenvalue weighted by Crippen LogP contribution is -2.46. The topological polar surface area (TPSA) is 87.7 Å².